The molecule has 8 heteroatoms. The number of alkyl halides is 3. The normalized spacial score (nSPS) is 11.6. The highest BCUT2D eigenvalue weighted by Gasteiger charge is 2.36. The summed E-state index contributed by atoms with van der Waals surface area (Å²) in [6.07, 6.45) is -3.44. The number of hydrogen-bond acceptors (Lipinski definition) is 4. The number of aromatic amines is 1. The van der Waals surface area contributed by atoms with Crippen molar-refractivity contribution in [1.82, 2.24) is 20.1 Å². The highest BCUT2D eigenvalue weighted by molar-refractivity contribution is 5.97. The number of aryl methyl sites for hydroxylation is 3. The zero-order valence-electron chi connectivity index (χ0n) is 14.8. The summed E-state index contributed by atoms with van der Waals surface area (Å²) in [7, 11) is 0. The van der Waals surface area contributed by atoms with Gasteiger partial charge in [0.05, 0.1) is 16.7 Å². The van der Waals surface area contributed by atoms with Crippen molar-refractivity contribution in [3.63, 3.8) is 0 Å². The maximum Gasteiger partial charge on any atom is 0.433 e. The van der Waals surface area contributed by atoms with E-state index in [0.29, 0.717) is 39.4 Å². The highest BCUT2D eigenvalue weighted by Crippen LogP contribution is 2.40. The van der Waals surface area contributed by atoms with Crippen molar-refractivity contribution < 1.29 is 17.7 Å². The fourth-order valence-electron chi connectivity index (χ4n) is 3.33. The van der Waals surface area contributed by atoms with E-state index in [9.17, 15) is 13.2 Å². The van der Waals surface area contributed by atoms with Crippen molar-refractivity contribution in [2.24, 2.45) is 0 Å². The van der Waals surface area contributed by atoms with Crippen LogP contribution in [0.1, 0.15) is 30.4 Å². The van der Waals surface area contributed by atoms with Gasteiger partial charge in [-0.3, -0.25) is 4.98 Å². The smallest absolute Gasteiger partial charge is 0.361 e. The van der Waals surface area contributed by atoms with Crippen LogP contribution in [0.4, 0.5) is 13.2 Å². The van der Waals surface area contributed by atoms with E-state index in [-0.39, 0.29) is 13.0 Å². The minimum absolute atomic E-state index is 0. The number of H-pyrrole nitrogens is 1. The van der Waals surface area contributed by atoms with Crippen LogP contribution in [0.3, 0.4) is 0 Å². The van der Waals surface area contributed by atoms with E-state index in [1.54, 1.807) is 26.8 Å². The first-order chi connectivity index (χ1) is 12.8. The highest BCUT2D eigenvalue weighted by atomic mass is 19.4. The van der Waals surface area contributed by atoms with Crippen molar-refractivity contribution in [3.05, 3.63) is 53.4 Å². The first kappa shape index (κ1) is 19.6. The van der Waals surface area contributed by atoms with Gasteiger partial charge in [-0.05, 0) is 44.5 Å². The van der Waals surface area contributed by atoms with Gasteiger partial charge in [0, 0.05) is 22.9 Å². The van der Waals surface area contributed by atoms with Crippen LogP contribution in [-0.2, 0) is 6.18 Å². The third kappa shape index (κ3) is 3.15. The Morgan fingerprint density at radius 2 is 1.82 bits per heavy atom. The summed E-state index contributed by atoms with van der Waals surface area (Å²) in [5.41, 5.74) is 2.61. The molecule has 3 aromatic heterocycles. The van der Waals surface area contributed by atoms with Gasteiger partial charge in [0.25, 0.3) is 0 Å². The molecule has 0 aliphatic rings. The maximum atomic E-state index is 13.5. The molecule has 5 nitrogen and oxygen atoms in total. The van der Waals surface area contributed by atoms with Gasteiger partial charge in [0.15, 0.2) is 5.69 Å². The molecule has 3 heterocycles. The fourth-order valence-corrected chi connectivity index (χ4v) is 3.33. The molecule has 1 N–H and O–H groups in total. The number of aromatic nitrogens is 4. The third-order valence-electron chi connectivity index (χ3n) is 4.39. The molecule has 0 amide bonds. The first-order valence-corrected chi connectivity index (χ1v) is 8.22. The fraction of sp³-hybridized carbons (Fsp3) is 0.250. The van der Waals surface area contributed by atoms with Crippen LogP contribution in [-0.4, -0.2) is 20.1 Å². The average Bonchev–Trinajstić information content (AvgIpc) is 3.14. The lowest BCUT2D eigenvalue weighted by Crippen LogP contribution is -2.09. The van der Waals surface area contributed by atoms with E-state index >= 15 is 0 Å². The predicted molar refractivity (Wildman–Crippen MR) is 101 cm³/mol. The second-order valence-electron chi connectivity index (χ2n) is 6.34. The molecule has 0 aliphatic heterocycles. The van der Waals surface area contributed by atoms with Crippen LogP contribution in [0.15, 0.2) is 35.0 Å². The quantitative estimate of drug-likeness (QED) is 0.467. The number of imidazole rings is 1. The molecule has 0 radical (unpaired) electrons. The molecular formula is C20H19F3N4O. The predicted octanol–water partition coefficient (Wildman–Crippen LogP) is 5.86. The Kier molecular flexibility index (Phi) is 4.74. The van der Waals surface area contributed by atoms with Gasteiger partial charge < -0.3 is 9.51 Å². The number of nitrogens with zero attached hydrogens (tertiary/aromatic N) is 3. The third-order valence-corrected chi connectivity index (χ3v) is 4.39. The number of benzene rings is 1. The molecule has 1 aromatic carbocycles. The zero-order chi connectivity index (χ0) is 19.3. The first-order valence-electron chi connectivity index (χ1n) is 8.22. The van der Waals surface area contributed by atoms with Crippen LogP contribution in [0.25, 0.3) is 33.3 Å². The summed E-state index contributed by atoms with van der Waals surface area (Å²) in [6, 6.07) is 6.42. The van der Waals surface area contributed by atoms with Crippen LogP contribution in [0.5, 0.6) is 0 Å². The second-order valence-corrected chi connectivity index (χ2v) is 6.34. The summed E-state index contributed by atoms with van der Waals surface area (Å²) in [6.45, 7) is 5.31. The molecule has 28 heavy (non-hydrogen) atoms. The molecule has 0 aliphatic carbocycles. The van der Waals surface area contributed by atoms with E-state index in [4.69, 9.17) is 4.52 Å². The van der Waals surface area contributed by atoms with Crippen molar-refractivity contribution in [2.75, 3.05) is 0 Å². The lowest BCUT2D eigenvalue weighted by molar-refractivity contribution is -0.140. The standard InChI is InChI=1S/C19H15F3N4O.CH4/c1-9-16(10(2)27-26-9)12-7-14(17-15(8-12)24-11(3)25-17)13-5-4-6-23-18(13)19(20,21)22;/h4-8H,1-3H3,(H,24,25);1H4. The van der Waals surface area contributed by atoms with E-state index in [2.05, 4.69) is 20.1 Å². The van der Waals surface area contributed by atoms with E-state index in [0.717, 1.165) is 11.8 Å². The second kappa shape index (κ2) is 6.78. The Bertz CT molecular complexity index is 1140. The van der Waals surface area contributed by atoms with Gasteiger partial charge in [-0.2, -0.15) is 13.2 Å². The molecule has 146 valence electrons. The minimum atomic E-state index is -4.58. The SMILES string of the molecule is C.Cc1nc2c(-c3cccnc3C(F)(F)F)cc(-c3c(C)noc3C)cc2[nH]1. The Morgan fingerprint density at radius 1 is 1.07 bits per heavy atom. The monoisotopic (exact) mass is 388 g/mol. The molecule has 0 atom stereocenters. The van der Waals surface area contributed by atoms with Crippen molar-refractivity contribution >= 4 is 11.0 Å². The molecule has 0 bridgehead atoms. The van der Waals surface area contributed by atoms with Gasteiger partial charge in [-0.15, -0.1) is 0 Å². The summed E-state index contributed by atoms with van der Waals surface area (Å²) >= 11 is 0. The Hall–Kier alpha value is -3.16. The van der Waals surface area contributed by atoms with Gasteiger partial charge in [-0.25, -0.2) is 4.98 Å². The number of halogens is 3. The van der Waals surface area contributed by atoms with Gasteiger partial charge in [0.1, 0.15) is 11.6 Å². The maximum absolute atomic E-state index is 13.5. The summed E-state index contributed by atoms with van der Waals surface area (Å²) in [4.78, 5) is 11.1. The summed E-state index contributed by atoms with van der Waals surface area (Å²) in [5, 5.41) is 3.94. The molecule has 0 saturated carbocycles. The van der Waals surface area contributed by atoms with Gasteiger partial charge in [-0.1, -0.05) is 18.6 Å². The minimum Gasteiger partial charge on any atom is -0.361 e. The number of fused-ring (bicyclic) bond motifs is 1. The lowest BCUT2D eigenvalue weighted by atomic mass is 9.95. The number of rotatable bonds is 2. The van der Waals surface area contributed by atoms with Crippen molar-refractivity contribution in [1.29, 1.82) is 0 Å². The van der Waals surface area contributed by atoms with Crippen LogP contribution < -0.4 is 0 Å². The molecule has 0 saturated heterocycles. The van der Waals surface area contributed by atoms with Crippen molar-refractivity contribution in [3.8, 4) is 22.3 Å². The Balaban J connectivity index is 0.00000225. The molecular weight excluding hydrogens is 369 g/mol. The number of pyridine rings is 1. The van der Waals surface area contributed by atoms with Gasteiger partial charge >= 0.3 is 6.18 Å². The van der Waals surface area contributed by atoms with E-state index < -0.39 is 11.9 Å². The van der Waals surface area contributed by atoms with Gasteiger partial charge in [0.2, 0.25) is 0 Å². The molecule has 4 rings (SSSR count). The Labute approximate surface area is 159 Å². The average molecular weight is 388 g/mol. The summed E-state index contributed by atoms with van der Waals surface area (Å²) < 4.78 is 45.8. The van der Waals surface area contributed by atoms with E-state index in [1.807, 2.05) is 6.07 Å². The van der Waals surface area contributed by atoms with Crippen LogP contribution in [0, 0.1) is 20.8 Å². The zero-order valence-corrected chi connectivity index (χ0v) is 14.8. The van der Waals surface area contributed by atoms with Crippen molar-refractivity contribution in [2.45, 2.75) is 34.4 Å². The molecule has 0 fully saturated rings. The molecule has 0 spiro atoms. The van der Waals surface area contributed by atoms with Crippen LogP contribution >= 0.6 is 0 Å². The molecule has 4 aromatic rings. The lowest BCUT2D eigenvalue weighted by Gasteiger charge is -2.13. The Morgan fingerprint density at radius 3 is 2.46 bits per heavy atom. The van der Waals surface area contributed by atoms with E-state index in [1.165, 1.54) is 12.1 Å². The van der Waals surface area contributed by atoms with Crippen LogP contribution in [0.2, 0.25) is 0 Å². The number of nitrogens with one attached hydrogen (secondary N) is 1. The topological polar surface area (TPSA) is 67.6 Å². The largest absolute Gasteiger partial charge is 0.433 e. The molecule has 0 unspecified atom stereocenters. The summed E-state index contributed by atoms with van der Waals surface area (Å²) in [5.74, 6) is 1.20. The number of hydrogen-bond donors (Lipinski definition) is 1.